The molecule has 0 saturated carbocycles. The Balaban J connectivity index is 1.54. The average molecular weight is 346 g/mol. The monoisotopic (exact) mass is 346 g/mol. The molecular weight excluding hydrogens is 322 g/mol. The maximum Gasteiger partial charge on any atom is 0.304 e. The van der Waals surface area contributed by atoms with Crippen LogP contribution in [0.1, 0.15) is 49.3 Å². The molecular formula is C22H24N3O+. The smallest absolute Gasteiger partial charge is 0.304 e. The summed E-state index contributed by atoms with van der Waals surface area (Å²) in [6, 6.07) is 17.6. The van der Waals surface area contributed by atoms with Crippen LogP contribution < -0.4 is 4.57 Å². The number of hydrogen-bond donors (Lipinski definition) is 0. The molecule has 0 spiro atoms. The van der Waals surface area contributed by atoms with Gasteiger partial charge in [0.1, 0.15) is 24.4 Å². The van der Waals surface area contributed by atoms with Gasteiger partial charge in [0.2, 0.25) is 6.33 Å². The molecule has 0 bridgehead atoms. The second-order valence-electron chi connectivity index (χ2n) is 8.38. The Morgan fingerprint density at radius 3 is 2.62 bits per heavy atom. The molecule has 3 aromatic rings. The normalized spacial score (nSPS) is 21.2. The van der Waals surface area contributed by atoms with Crippen LogP contribution in [0.5, 0.6) is 0 Å². The molecule has 2 aliphatic rings. The van der Waals surface area contributed by atoms with Crippen LogP contribution in [-0.2, 0) is 23.2 Å². The van der Waals surface area contributed by atoms with E-state index in [1.54, 1.807) is 0 Å². The molecule has 0 unspecified atom stereocenters. The molecule has 0 amide bonds. The summed E-state index contributed by atoms with van der Waals surface area (Å²) >= 11 is 0. The Morgan fingerprint density at radius 2 is 1.85 bits per heavy atom. The molecule has 2 atom stereocenters. The van der Waals surface area contributed by atoms with Gasteiger partial charge in [-0.3, -0.25) is 0 Å². The van der Waals surface area contributed by atoms with Crippen molar-refractivity contribution in [3.8, 4) is 5.69 Å². The molecule has 1 aliphatic heterocycles. The molecule has 2 aromatic carbocycles. The highest BCUT2D eigenvalue weighted by atomic mass is 16.5. The number of fused-ring (bicyclic) bond motifs is 5. The van der Waals surface area contributed by atoms with Gasteiger partial charge in [0.25, 0.3) is 0 Å². The fraction of sp³-hybridized carbons (Fsp3) is 0.364. The molecule has 5 rings (SSSR count). The zero-order chi connectivity index (χ0) is 17.9. The lowest BCUT2D eigenvalue weighted by atomic mass is 9.87. The lowest BCUT2D eigenvalue weighted by Gasteiger charge is -2.23. The molecule has 0 fully saturated rings. The van der Waals surface area contributed by atoms with Crippen LogP contribution in [0.15, 0.2) is 54.9 Å². The van der Waals surface area contributed by atoms with E-state index in [-0.39, 0.29) is 17.6 Å². The largest absolute Gasteiger partial charge is 0.363 e. The van der Waals surface area contributed by atoms with E-state index in [1.165, 1.54) is 16.7 Å². The van der Waals surface area contributed by atoms with Crippen LogP contribution in [-0.4, -0.2) is 15.9 Å². The summed E-state index contributed by atoms with van der Waals surface area (Å²) in [6.45, 7) is 7.28. The van der Waals surface area contributed by atoms with Gasteiger partial charge in [0.15, 0.2) is 0 Å². The van der Waals surface area contributed by atoms with E-state index >= 15 is 0 Å². The molecule has 0 saturated heterocycles. The Kier molecular flexibility index (Phi) is 3.35. The van der Waals surface area contributed by atoms with Gasteiger partial charge < -0.3 is 4.74 Å². The predicted molar refractivity (Wildman–Crippen MR) is 99.3 cm³/mol. The Morgan fingerprint density at radius 1 is 1.08 bits per heavy atom. The van der Waals surface area contributed by atoms with Crippen LogP contribution in [0, 0.1) is 0 Å². The lowest BCUT2D eigenvalue weighted by Crippen LogP contribution is -2.51. The number of nitrogens with zero attached hydrogens (tertiary/aromatic N) is 3. The third-order valence-electron chi connectivity index (χ3n) is 5.63. The highest BCUT2D eigenvalue weighted by Crippen LogP contribution is 2.35. The van der Waals surface area contributed by atoms with Crippen LogP contribution in [0.3, 0.4) is 0 Å². The van der Waals surface area contributed by atoms with E-state index in [0.29, 0.717) is 6.61 Å². The molecule has 26 heavy (non-hydrogen) atoms. The van der Waals surface area contributed by atoms with Crippen molar-refractivity contribution in [1.29, 1.82) is 0 Å². The third kappa shape index (κ3) is 2.40. The first-order valence-electron chi connectivity index (χ1n) is 9.31. The molecule has 1 aromatic heterocycles. The number of hydrogen-bond acceptors (Lipinski definition) is 2. The standard InChI is InChI=1S/C22H24N3O/c1-22(2,3)16-8-10-17(11-9-16)25-14-24-20(23-25)13-26-19-12-15-6-4-5-7-18(15)21(19)24/h4-11,14,19,21H,12-13H2,1-3H3/q+1/t19-,21-/m1/s1. The van der Waals surface area contributed by atoms with Gasteiger partial charge in [0.05, 0.1) is 0 Å². The molecule has 0 N–H and O–H groups in total. The number of ether oxygens (including phenoxy) is 1. The maximum atomic E-state index is 6.13. The molecule has 1 aliphatic carbocycles. The number of rotatable bonds is 1. The minimum atomic E-state index is 0.158. The van der Waals surface area contributed by atoms with Gasteiger partial charge in [-0.1, -0.05) is 61.9 Å². The Bertz CT molecular complexity index is 966. The van der Waals surface area contributed by atoms with E-state index in [9.17, 15) is 0 Å². The maximum absolute atomic E-state index is 6.13. The van der Waals surface area contributed by atoms with Crippen LogP contribution in [0.25, 0.3) is 5.69 Å². The van der Waals surface area contributed by atoms with Gasteiger partial charge in [-0.05, 0) is 34.2 Å². The average Bonchev–Trinajstić information content (AvgIpc) is 3.21. The molecule has 4 heteroatoms. The van der Waals surface area contributed by atoms with Crippen molar-refractivity contribution in [3.63, 3.8) is 0 Å². The van der Waals surface area contributed by atoms with E-state index in [0.717, 1.165) is 17.9 Å². The van der Waals surface area contributed by atoms with E-state index < -0.39 is 0 Å². The zero-order valence-electron chi connectivity index (χ0n) is 15.5. The van der Waals surface area contributed by atoms with Crippen LogP contribution in [0.2, 0.25) is 0 Å². The topological polar surface area (TPSA) is 30.9 Å². The lowest BCUT2D eigenvalue weighted by molar-refractivity contribution is -0.739. The first kappa shape index (κ1) is 15.8. The van der Waals surface area contributed by atoms with Gasteiger partial charge in [-0.25, -0.2) is 4.57 Å². The summed E-state index contributed by atoms with van der Waals surface area (Å²) in [5.74, 6) is 0.989. The number of aromatic nitrogens is 3. The van der Waals surface area contributed by atoms with Crippen molar-refractivity contribution in [3.05, 3.63) is 77.4 Å². The highest BCUT2D eigenvalue weighted by Gasteiger charge is 2.43. The molecule has 0 radical (unpaired) electrons. The molecule has 132 valence electrons. The quantitative estimate of drug-likeness (QED) is 0.632. The summed E-state index contributed by atoms with van der Waals surface area (Å²) in [7, 11) is 0. The molecule has 4 nitrogen and oxygen atoms in total. The summed E-state index contributed by atoms with van der Waals surface area (Å²) in [5, 5.41) is 4.80. The summed E-state index contributed by atoms with van der Waals surface area (Å²) < 4.78 is 10.4. The van der Waals surface area contributed by atoms with Crippen LogP contribution in [0.4, 0.5) is 0 Å². The van der Waals surface area contributed by atoms with E-state index in [1.807, 2.05) is 4.68 Å². The fourth-order valence-electron chi connectivity index (χ4n) is 4.16. The third-order valence-corrected chi connectivity index (χ3v) is 5.63. The summed E-state index contributed by atoms with van der Waals surface area (Å²) in [5.41, 5.74) is 5.34. The highest BCUT2D eigenvalue weighted by molar-refractivity contribution is 5.37. The summed E-state index contributed by atoms with van der Waals surface area (Å²) in [4.78, 5) is 0. The zero-order valence-corrected chi connectivity index (χ0v) is 15.5. The minimum Gasteiger partial charge on any atom is -0.363 e. The van der Waals surface area contributed by atoms with Crippen molar-refractivity contribution in [2.75, 3.05) is 0 Å². The van der Waals surface area contributed by atoms with E-state index in [4.69, 9.17) is 9.84 Å². The Hall–Kier alpha value is -2.46. The number of benzene rings is 2. The van der Waals surface area contributed by atoms with Gasteiger partial charge in [-0.15, -0.1) is 0 Å². The SMILES string of the molecule is CC(C)(C)c1ccc(-n2c[n+]3c(n2)CO[C@@H]2Cc4ccccc4[C@H]23)cc1. The van der Waals surface area contributed by atoms with Gasteiger partial charge >= 0.3 is 5.82 Å². The first-order valence-corrected chi connectivity index (χ1v) is 9.31. The second kappa shape index (κ2) is 5.52. The first-order chi connectivity index (χ1) is 12.5. The predicted octanol–water partition coefficient (Wildman–Crippen LogP) is 3.50. The van der Waals surface area contributed by atoms with Crippen molar-refractivity contribution >= 4 is 0 Å². The molecule has 2 heterocycles. The van der Waals surface area contributed by atoms with Crippen LogP contribution >= 0.6 is 0 Å². The summed E-state index contributed by atoms with van der Waals surface area (Å²) in [6.07, 6.45) is 3.33. The fourth-order valence-corrected chi connectivity index (χ4v) is 4.16. The van der Waals surface area contributed by atoms with Crippen molar-refractivity contribution in [2.24, 2.45) is 0 Å². The van der Waals surface area contributed by atoms with Gasteiger partial charge in [-0.2, -0.15) is 0 Å². The second-order valence-corrected chi connectivity index (χ2v) is 8.38. The minimum absolute atomic E-state index is 0.158. The van der Waals surface area contributed by atoms with Crippen molar-refractivity contribution < 1.29 is 9.30 Å². The van der Waals surface area contributed by atoms with Crippen molar-refractivity contribution in [2.45, 2.75) is 51.4 Å². The Labute approximate surface area is 154 Å². The van der Waals surface area contributed by atoms with E-state index in [2.05, 4.69) is 80.2 Å². The van der Waals surface area contributed by atoms with Crippen molar-refractivity contribution in [1.82, 2.24) is 9.78 Å². The van der Waals surface area contributed by atoms with Gasteiger partial charge in [0, 0.05) is 11.5 Å².